The molecule has 1 aromatic carbocycles. The van der Waals surface area contributed by atoms with Gasteiger partial charge >= 0.3 is 0 Å². The molecular formula is C13H18BrClN2O2S. The van der Waals surface area contributed by atoms with Gasteiger partial charge in [0, 0.05) is 24.1 Å². The minimum absolute atomic E-state index is 0.313. The van der Waals surface area contributed by atoms with Crippen molar-refractivity contribution in [1.82, 2.24) is 4.31 Å². The van der Waals surface area contributed by atoms with Gasteiger partial charge in [0.25, 0.3) is 0 Å². The number of sulfonamides is 1. The van der Waals surface area contributed by atoms with Crippen LogP contribution in [0.5, 0.6) is 0 Å². The average molecular weight is 382 g/mol. The Balaban J connectivity index is 1.95. The highest BCUT2D eigenvalue weighted by Gasteiger charge is 2.25. The van der Waals surface area contributed by atoms with Gasteiger partial charge in [-0.25, -0.2) is 12.7 Å². The third-order valence-electron chi connectivity index (χ3n) is 3.46. The van der Waals surface area contributed by atoms with Gasteiger partial charge in [-0.05, 0) is 37.0 Å². The lowest BCUT2D eigenvalue weighted by atomic mass is 9.99. The summed E-state index contributed by atoms with van der Waals surface area (Å²) >= 11 is 9.54. The number of nitrogens with one attached hydrogen (secondary N) is 1. The molecule has 1 aromatic rings. The van der Waals surface area contributed by atoms with Crippen LogP contribution in [-0.4, -0.2) is 38.6 Å². The summed E-state index contributed by atoms with van der Waals surface area (Å²) in [6.07, 6.45) is 3.21. The van der Waals surface area contributed by atoms with E-state index in [1.807, 2.05) is 18.2 Å². The molecule has 0 aliphatic carbocycles. The fourth-order valence-corrected chi connectivity index (χ4v) is 3.87. The van der Waals surface area contributed by atoms with E-state index in [1.165, 1.54) is 6.26 Å². The second-order valence-corrected chi connectivity index (χ2v) is 8.44. The third-order valence-corrected chi connectivity index (χ3v) is 5.55. The van der Waals surface area contributed by atoms with E-state index >= 15 is 0 Å². The van der Waals surface area contributed by atoms with Crippen LogP contribution in [0.2, 0.25) is 5.02 Å². The van der Waals surface area contributed by atoms with Crippen LogP contribution in [0.25, 0.3) is 0 Å². The van der Waals surface area contributed by atoms with Gasteiger partial charge in [-0.2, -0.15) is 0 Å². The summed E-state index contributed by atoms with van der Waals surface area (Å²) in [6.45, 7) is 1.94. The molecular weight excluding hydrogens is 364 g/mol. The molecule has 2 rings (SSSR count). The Labute approximate surface area is 133 Å². The molecule has 0 amide bonds. The summed E-state index contributed by atoms with van der Waals surface area (Å²) in [5.74, 6) is 0.313. The van der Waals surface area contributed by atoms with E-state index in [4.69, 9.17) is 11.6 Å². The van der Waals surface area contributed by atoms with Gasteiger partial charge in [0.2, 0.25) is 10.0 Å². The second kappa shape index (κ2) is 6.64. The first kappa shape index (κ1) is 16.1. The van der Waals surface area contributed by atoms with Crippen molar-refractivity contribution < 1.29 is 8.42 Å². The zero-order chi connectivity index (χ0) is 14.8. The van der Waals surface area contributed by atoms with Crippen molar-refractivity contribution in [3.63, 3.8) is 0 Å². The van der Waals surface area contributed by atoms with Crippen LogP contribution in [-0.2, 0) is 10.0 Å². The van der Waals surface area contributed by atoms with Crippen molar-refractivity contribution in [2.75, 3.05) is 31.2 Å². The third kappa shape index (κ3) is 4.35. The normalized spacial score (nSPS) is 20.9. The molecule has 0 bridgehead atoms. The first-order chi connectivity index (χ1) is 9.36. The Morgan fingerprint density at radius 3 is 2.95 bits per heavy atom. The standard InChI is InChI=1S/C13H18BrClN2O2S/c1-20(18,19)17-6-2-3-10(9-17)8-16-13-7-11(14)4-5-12(13)15/h4-5,7,10,16H,2-3,6,8-9H2,1H3. The molecule has 0 radical (unpaired) electrons. The fraction of sp³-hybridized carbons (Fsp3) is 0.538. The molecule has 1 aliphatic rings. The van der Waals surface area contributed by atoms with Crippen LogP contribution in [0.15, 0.2) is 22.7 Å². The van der Waals surface area contributed by atoms with E-state index < -0.39 is 10.0 Å². The molecule has 20 heavy (non-hydrogen) atoms. The lowest BCUT2D eigenvalue weighted by Crippen LogP contribution is -2.41. The van der Waals surface area contributed by atoms with E-state index in [0.717, 1.165) is 29.5 Å². The molecule has 1 aliphatic heterocycles. The number of hydrogen-bond acceptors (Lipinski definition) is 3. The molecule has 0 saturated carbocycles. The van der Waals surface area contributed by atoms with E-state index in [-0.39, 0.29) is 0 Å². The zero-order valence-electron chi connectivity index (χ0n) is 11.3. The Kier molecular flexibility index (Phi) is 5.34. The van der Waals surface area contributed by atoms with Crippen molar-refractivity contribution >= 4 is 43.2 Å². The number of halogens is 2. The van der Waals surface area contributed by atoms with Crippen molar-refractivity contribution in [2.24, 2.45) is 5.92 Å². The fourth-order valence-electron chi connectivity index (χ4n) is 2.38. The van der Waals surface area contributed by atoms with Gasteiger partial charge in [-0.3, -0.25) is 0 Å². The number of rotatable bonds is 4. The Morgan fingerprint density at radius 1 is 1.50 bits per heavy atom. The molecule has 1 unspecified atom stereocenters. The summed E-state index contributed by atoms with van der Waals surface area (Å²) in [7, 11) is -3.08. The molecule has 0 spiro atoms. The number of nitrogens with zero attached hydrogens (tertiary/aromatic N) is 1. The van der Waals surface area contributed by atoms with Gasteiger partial charge in [0.05, 0.1) is 17.0 Å². The molecule has 1 atom stereocenters. The molecule has 0 aromatic heterocycles. The van der Waals surface area contributed by atoms with Crippen LogP contribution in [0, 0.1) is 5.92 Å². The van der Waals surface area contributed by atoms with E-state index in [1.54, 1.807) is 4.31 Å². The van der Waals surface area contributed by atoms with Crippen molar-refractivity contribution in [3.05, 3.63) is 27.7 Å². The summed E-state index contributed by atoms with van der Waals surface area (Å²) in [5.41, 5.74) is 0.873. The highest BCUT2D eigenvalue weighted by Crippen LogP contribution is 2.27. The van der Waals surface area contributed by atoms with E-state index in [2.05, 4.69) is 21.2 Å². The molecule has 1 fully saturated rings. The SMILES string of the molecule is CS(=O)(=O)N1CCCC(CNc2cc(Br)ccc2Cl)C1. The topological polar surface area (TPSA) is 49.4 Å². The molecule has 112 valence electrons. The first-order valence-corrected chi connectivity index (χ1v) is 9.52. The van der Waals surface area contributed by atoms with Gasteiger partial charge in [0.15, 0.2) is 0 Å². The molecule has 1 saturated heterocycles. The van der Waals surface area contributed by atoms with Crippen LogP contribution in [0.4, 0.5) is 5.69 Å². The lowest BCUT2D eigenvalue weighted by molar-refractivity contribution is 0.277. The van der Waals surface area contributed by atoms with Crippen LogP contribution in [0.1, 0.15) is 12.8 Å². The van der Waals surface area contributed by atoms with E-state index in [0.29, 0.717) is 24.0 Å². The van der Waals surface area contributed by atoms with Crippen LogP contribution < -0.4 is 5.32 Å². The quantitative estimate of drug-likeness (QED) is 0.871. The number of benzene rings is 1. The largest absolute Gasteiger partial charge is 0.383 e. The smallest absolute Gasteiger partial charge is 0.211 e. The van der Waals surface area contributed by atoms with Crippen molar-refractivity contribution in [3.8, 4) is 0 Å². The number of piperidine rings is 1. The second-order valence-electron chi connectivity index (χ2n) is 5.13. The Morgan fingerprint density at radius 2 is 2.25 bits per heavy atom. The summed E-state index contributed by atoms with van der Waals surface area (Å²) in [4.78, 5) is 0. The Hall–Kier alpha value is -0.300. The first-order valence-electron chi connectivity index (χ1n) is 6.50. The van der Waals surface area contributed by atoms with Gasteiger partial charge in [-0.1, -0.05) is 27.5 Å². The molecule has 1 heterocycles. The van der Waals surface area contributed by atoms with Gasteiger partial charge < -0.3 is 5.32 Å². The highest BCUT2D eigenvalue weighted by molar-refractivity contribution is 9.10. The summed E-state index contributed by atoms with van der Waals surface area (Å²) in [5, 5.41) is 3.98. The Bertz CT molecular complexity index is 580. The van der Waals surface area contributed by atoms with Gasteiger partial charge in [-0.15, -0.1) is 0 Å². The summed E-state index contributed by atoms with van der Waals surface area (Å²) < 4.78 is 25.7. The lowest BCUT2D eigenvalue weighted by Gasteiger charge is -2.31. The molecule has 7 heteroatoms. The molecule has 4 nitrogen and oxygen atoms in total. The summed E-state index contributed by atoms with van der Waals surface area (Å²) in [6, 6.07) is 5.65. The average Bonchev–Trinajstić information content (AvgIpc) is 2.39. The van der Waals surface area contributed by atoms with Crippen LogP contribution >= 0.6 is 27.5 Å². The number of anilines is 1. The number of hydrogen-bond donors (Lipinski definition) is 1. The monoisotopic (exact) mass is 380 g/mol. The van der Waals surface area contributed by atoms with Crippen LogP contribution in [0.3, 0.4) is 0 Å². The van der Waals surface area contributed by atoms with E-state index in [9.17, 15) is 8.42 Å². The maximum absolute atomic E-state index is 11.6. The van der Waals surface area contributed by atoms with Crippen molar-refractivity contribution in [2.45, 2.75) is 12.8 Å². The molecule has 1 N–H and O–H groups in total. The van der Waals surface area contributed by atoms with Crippen molar-refractivity contribution in [1.29, 1.82) is 0 Å². The minimum Gasteiger partial charge on any atom is -0.383 e. The van der Waals surface area contributed by atoms with Gasteiger partial charge in [0.1, 0.15) is 0 Å². The minimum atomic E-state index is -3.08. The predicted octanol–water partition coefficient (Wildman–Crippen LogP) is 3.19. The maximum atomic E-state index is 11.6. The highest BCUT2D eigenvalue weighted by atomic mass is 79.9. The predicted molar refractivity (Wildman–Crippen MR) is 86.8 cm³/mol. The zero-order valence-corrected chi connectivity index (χ0v) is 14.4. The maximum Gasteiger partial charge on any atom is 0.211 e.